The van der Waals surface area contributed by atoms with E-state index in [-0.39, 0.29) is 0 Å². The summed E-state index contributed by atoms with van der Waals surface area (Å²) in [4.78, 5) is 0. The van der Waals surface area contributed by atoms with Gasteiger partial charge in [-0.25, -0.2) is 0 Å². The molecule has 0 N–H and O–H groups in total. The Balaban J connectivity index is 3.35. The third-order valence-corrected chi connectivity index (χ3v) is 3.67. The normalized spacial score (nSPS) is 11.2. The summed E-state index contributed by atoms with van der Waals surface area (Å²) in [5.41, 5.74) is 3.24. The Morgan fingerprint density at radius 1 is 0.682 bits per heavy atom. The van der Waals surface area contributed by atoms with Crippen LogP contribution in [0.25, 0.3) is 0 Å². The Hall–Kier alpha value is -1.00. The van der Waals surface area contributed by atoms with Crippen LogP contribution in [0.3, 0.4) is 0 Å². The molecule has 0 aliphatic rings. The Labute approximate surface area is 140 Å². The Morgan fingerprint density at radius 2 is 1.36 bits per heavy atom. The zero-order valence-electron chi connectivity index (χ0n) is 14.9. The van der Waals surface area contributed by atoms with Crippen molar-refractivity contribution in [3.05, 3.63) is 49.1 Å². The molecule has 0 aromatic rings. The van der Waals surface area contributed by atoms with E-state index in [1.807, 2.05) is 0 Å². The molecule has 0 atom stereocenters. The first-order valence-electron chi connectivity index (χ1n) is 9.40. The van der Waals surface area contributed by atoms with Crippen molar-refractivity contribution >= 4 is 0 Å². The van der Waals surface area contributed by atoms with E-state index in [0.29, 0.717) is 0 Å². The maximum absolute atomic E-state index is 3.84. The van der Waals surface area contributed by atoms with E-state index in [2.05, 4.69) is 56.0 Å². The summed E-state index contributed by atoms with van der Waals surface area (Å²) in [5.74, 6) is 0. The van der Waals surface area contributed by atoms with E-state index in [1.54, 1.807) is 0 Å². The highest BCUT2D eigenvalue weighted by atomic mass is 13.9. The van der Waals surface area contributed by atoms with Gasteiger partial charge < -0.3 is 0 Å². The fraction of sp³-hybridized carbons (Fsp3) is 0.636. The third kappa shape index (κ3) is 19.0. The van der Waals surface area contributed by atoms with Gasteiger partial charge in [0.15, 0.2) is 0 Å². The first-order chi connectivity index (χ1) is 10.9. The van der Waals surface area contributed by atoms with E-state index in [4.69, 9.17) is 0 Å². The second-order valence-corrected chi connectivity index (χ2v) is 5.89. The summed E-state index contributed by atoms with van der Waals surface area (Å²) in [7, 11) is 0. The summed E-state index contributed by atoms with van der Waals surface area (Å²) in [6.07, 6.45) is 29.6. The van der Waals surface area contributed by atoms with Gasteiger partial charge in [0, 0.05) is 0 Å². The predicted molar refractivity (Wildman–Crippen MR) is 102 cm³/mol. The van der Waals surface area contributed by atoms with Gasteiger partial charge in [-0.2, -0.15) is 0 Å². The van der Waals surface area contributed by atoms with Crippen molar-refractivity contribution in [1.29, 1.82) is 0 Å². The second kappa shape index (κ2) is 20.0. The fourth-order valence-corrected chi connectivity index (χ4v) is 2.25. The minimum atomic E-state index is 0.997. The SMILES string of the molecule is [CH2]CCCCC=C=CCC=CCC=CCCCCCCCC. The molecule has 0 unspecified atom stereocenters. The number of hydrogen-bond acceptors (Lipinski definition) is 0. The lowest BCUT2D eigenvalue weighted by molar-refractivity contribution is 0.611. The Morgan fingerprint density at radius 3 is 2.18 bits per heavy atom. The van der Waals surface area contributed by atoms with Gasteiger partial charge >= 0.3 is 0 Å². The van der Waals surface area contributed by atoms with Crippen LogP contribution in [-0.4, -0.2) is 0 Å². The third-order valence-electron chi connectivity index (χ3n) is 3.67. The summed E-state index contributed by atoms with van der Waals surface area (Å²) in [6.45, 7) is 6.11. The summed E-state index contributed by atoms with van der Waals surface area (Å²) < 4.78 is 0. The average molecular weight is 302 g/mol. The van der Waals surface area contributed by atoms with Crippen molar-refractivity contribution in [1.82, 2.24) is 0 Å². The van der Waals surface area contributed by atoms with Crippen molar-refractivity contribution < 1.29 is 0 Å². The van der Waals surface area contributed by atoms with E-state index in [1.165, 1.54) is 57.8 Å². The van der Waals surface area contributed by atoms with Gasteiger partial charge in [0.25, 0.3) is 0 Å². The molecule has 0 bridgehead atoms. The topological polar surface area (TPSA) is 0 Å². The minimum absolute atomic E-state index is 0.997. The van der Waals surface area contributed by atoms with Crippen molar-refractivity contribution in [2.45, 2.75) is 90.4 Å². The standard InChI is InChI=1S/C22H37/c1-3-5-7-9-11-13-15-17-19-21-22-20-18-16-14-12-10-8-6-4-2/h11,15,18-21H,1,3-10,12,14,16-17,22H2,2H3. The molecule has 0 aromatic heterocycles. The molecule has 0 aromatic carbocycles. The van der Waals surface area contributed by atoms with Crippen LogP contribution in [0, 0.1) is 6.92 Å². The molecule has 0 heteroatoms. The van der Waals surface area contributed by atoms with Crippen LogP contribution in [-0.2, 0) is 0 Å². The molecule has 0 spiro atoms. The highest BCUT2D eigenvalue weighted by molar-refractivity contribution is 4.97. The highest BCUT2D eigenvalue weighted by Gasteiger charge is 1.87. The molecule has 0 aliphatic carbocycles. The Bertz CT molecular complexity index is 313. The lowest BCUT2D eigenvalue weighted by Gasteiger charge is -1.97. The number of rotatable bonds is 15. The van der Waals surface area contributed by atoms with Crippen LogP contribution in [0.4, 0.5) is 0 Å². The average Bonchev–Trinajstić information content (AvgIpc) is 2.54. The van der Waals surface area contributed by atoms with Crippen LogP contribution >= 0.6 is 0 Å². The molecule has 1 radical (unpaired) electrons. The lowest BCUT2D eigenvalue weighted by Crippen LogP contribution is -1.77. The van der Waals surface area contributed by atoms with Crippen LogP contribution in [0.5, 0.6) is 0 Å². The van der Waals surface area contributed by atoms with Crippen LogP contribution < -0.4 is 0 Å². The van der Waals surface area contributed by atoms with E-state index in [0.717, 1.165) is 25.7 Å². The molecule has 0 rings (SSSR count). The van der Waals surface area contributed by atoms with Crippen LogP contribution in [0.15, 0.2) is 42.2 Å². The van der Waals surface area contributed by atoms with E-state index in [9.17, 15) is 0 Å². The molecule has 0 amide bonds. The van der Waals surface area contributed by atoms with Crippen molar-refractivity contribution in [3.8, 4) is 0 Å². The zero-order valence-corrected chi connectivity index (χ0v) is 14.9. The first kappa shape index (κ1) is 21.0. The van der Waals surface area contributed by atoms with Crippen LogP contribution in [0.2, 0.25) is 0 Å². The van der Waals surface area contributed by atoms with Gasteiger partial charge in [-0.3, -0.25) is 0 Å². The largest absolute Gasteiger partial charge is 0.129 e. The monoisotopic (exact) mass is 301 g/mol. The molecular weight excluding hydrogens is 264 g/mol. The van der Waals surface area contributed by atoms with Gasteiger partial charge in [0.2, 0.25) is 0 Å². The second-order valence-electron chi connectivity index (χ2n) is 5.89. The predicted octanol–water partition coefficient (Wildman–Crippen LogP) is 7.74. The minimum Gasteiger partial charge on any atom is -0.129 e. The lowest BCUT2D eigenvalue weighted by atomic mass is 10.1. The molecule has 0 nitrogen and oxygen atoms in total. The van der Waals surface area contributed by atoms with Crippen molar-refractivity contribution in [2.24, 2.45) is 0 Å². The maximum atomic E-state index is 3.84. The summed E-state index contributed by atoms with van der Waals surface area (Å²) in [6, 6.07) is 0. The number of unbranched alkanes of at least 4 members (excludes halogenated alkanes) is 9. The van der Waals surface area contributed by atoms with Crippen molar-refractivity contribution in [3.63, 3.8) is 0 Å². The molecule has 125 valence electrons. The maximum Gasteiger partial charge on any atom is -0.00929 e. The molecule has 0 fully saturated rings. The van der Waals surface area contributed by atoms with E-state index < -0.39 is 0 Å². The zero-order chi connectivity index (χ0) is 16.1. The molecular formula is C22H37. The van der Waals surface area contributed by atoms with Gasteiger partial charge in [0.05, 0.1) is 0 Å². The highest BCUT2D eigenvalue weighted by Crippen LogP contribution is 2.07. The quantitative estimate of drug-likeness (QED) is 0.165. The summed E-state index contributed by atoms with van der Waals surface area (Å²) >= 11 is 0. The van der Waals surface area contributed by atoms with Crippen LogP contribution in [0.1, 0.15) is 90.4 Å². The molecule has 0 saturated heterocycles. The Kier molecular flexibility index (Phi) is 19.1. The first-order valence-corrected chi connectivity index (χ1v) is 9.40. The number of hydrogen-bond donors (Lipinski definition) is 0. The van der Waals surface area contributed by atoms with Gasteiger partial charge in [-0.05, 0) is 50.7 Å². The molecule has 0 heterocycles. The van der Waals surface area contributed by atoms with Gasteiger partial charge in [0.1, 0.15) is 0 Å². The van der Waals surface area contributed by atoms with Gasteiger partial charge in [-0.15, -0.1) is 5.73 Å². The number of allylic oxidation sites excluding steroid dienone is 5. The van der Waals surface area contributed by atoms with E-state index >= 15 is 0 Å². The molecule has 0 aliphatic heterocycles. The summed E-state index contributed by atoms with van der Waals surface area (Å²) in [5, 5.41) is 0. The molecule has 0 saturated carbocycles. The smallest absolute Gasteiger partial charge is 0.00929 e. The van der Waals surface area contributed by atoms with Crippen molar-refractivity contribution in [2.75, 3.05) is 0 Å². The van der Waals surface area contributed by atoms with Gasteiger partial charge in [-0.1, -0.05) is 83.1 Å². The fourth-order valence-electron chi connectivity index (χ4n) is 2.25. The molecule has 22 heavy (non-hydrogen) atoms.